The van der Waals surface area contributed by atoms with E-state index in [4.69, 9.17) is 9.47 Å². The number of aryl methyl sites for hydroxylation is 1. The van der Waals surface area contributed by atoms with Crippen molar-refractivity contribution in [3.05, 3.63) is 59.9 Å². The molecular formula is C21H26N2O4. The van der Waals surface area contributed by atoms with Crippen LogP contribution in [0.5, 0.6) is 5.75 Å². The molecule has 6 heteroatoms. The van der Waals surface area contributed by atoms with Gasteiger partial charge in [-0.25, -0.2) is 0 Å². The van der Waals surface area contributed by atoms with Crippen LogP contribution in [-0.2, 0) is 27.3 Å². The number of ether oxygens (including phenoxy) is 2. The van der Waals surface area contributed by atoms with Gasteiger partial charge in [-0.05, 0) is 42.7 Å². The molecular weight excluding hydrogens is 344 g/mol. The number of esters is 1. The maximum Gasteiger partial charge on any atom is 0.307 e. The van der Waals surface area contributed by atoms with Crippen molar-refractivity contribution in [2.75, 3.05) is 19.8 Å². The molecule has 6 nitrogen and oxygen atoms in total. The number of hydrogen-bond donors (Lipinski definition) is 0. The molecule has 0 saturated carbocycles. The quantitative estimate of drug-likeness (QED) is 0.602. The lowest BCUT2D eigenvalue weighted by atomic mass is 10.2. The van der Waals surface area contributed by atoms with Crippen LogP contribution in [-0.4, -0.2) is 41.5 Å². The monoisotopic (exact) mass is 370 g/mol. The van der Waals surface area contributed by atoms with Crippen LogP contribution in [0.3, 0.4) is 0 Å². The average molecular weight is 370 g/mol. The topological polar surface area (TPSA) is 68.7 Å². The van der Waals surface area contributed by atoms with Gasteiger partial charge in [0.2, 0.25) is 0 Å². The number of amides is 1. The Morgan fingerprint density at radius 3 is 2.63 bits per heavy atom. The van der Waals surface area contributed by atoms with Crippen LogP contribution in [0.1, 0.15) is 31.4 Å². The second-order valence-electron chi connectivity index (χ2n) is 6.02. The number of carbonyl (C=O) groups is 2. The van der Waals surface area contributed by atoms with Gasteiger partial charge in [-0.15, -0.1) is 0 Å². The standard InChI is InChI=1S/C21H26N2O4/c1-3-17-7-5-9-19(13-17)27-16-20(24)23(12-10-21(25)26-4-2)15-18-8-6-11-22-14-18/h5-9,11,13-14H,3-4,10,12,15-16H2,1-2H3. The molecule has 0 unspecified atom stereocenters. The zero-order valence-corrected chi connectivity index (χ0v) is 15.9. The second kappa shape index (κ2) is 11.0. The average Bonchev–Trinajstić information content (AvgIpc) is 2.70. The van der Waals surface area contributed by atoms with Crippen LogP contribution in [0.15, 0.2) is 48.8 Å². The maximum absolute atomic E-state index is 12.7. The van der Waals surface area contributed by atoms with Gasteiger partial charge in [-0.3, -0.25) is 14.6 Å². The third kappa shape index (κ3) is 7.09. The highest BCUT2D eigenvalue weighted by Crippen LogP contribution is 2.14. The van der Waals surface area contributed by atoms with Gasteiger partial charge < -0.3 is 14.4 Å². The Bertz CT molecular complexity index is 734. The lowest BCUT2D eigenvalue weighted by Gasteiger charge is -2.22. The minimum absolute atomic E-state index is 0.0870. The number of carbonyl (C=O) groups excluding carboxylic acids is 2. The lowest BCUT2D eigenvalue weighted by molar-refractivity contribution is -0.144. The van der Waals surface area contributed by atoms with E-state index in [1.807, 2.05) is 36.4 Å². The number of nitrogens with zero attached hydrogens (tertiary/aromatic N) is 2. The lowest BCUT2D eigenvalue weighted by Crippen LogP contribution is -2.36. The molecule has 0 aliphatic rings. The first-order valence-corrected chi connectivity index (χ1v) is 9.16. The van der Waals surface area contributed by atoms with Crippen LogP contribution in [0.2, 0.25) is 0 Å². The third-order valence-corrected chi connectivity index (χ3v) is 4.01. The first kappa shape index (κ1) is 20.4. The third-order valence-electron chi connectivity index (χ3n) is 4.01. The molecule has 2 aromatic rings. The van der Waals surface area contributed by atoms with E-state index in [9.17, 15) is 9.59 Å². The van der Waals surface area contributed by atoms with Crippen molar-refractivity contribution in [2.24, 2.45) is 0 Å². The molecule has 1 heterocycles. The Kier molecular flexibility index (Phi) is 8.29. The van der Waals surface area contributed by atoms with E-state index in [0.717, 1.165) is 17.5 Å². The van der Waals surface area contributed by atoms with E-state index in [1.165, 1.54) is 0 Å². The van der Waals surface area contributed by atoms with Gasteiger partial charge in [0.15, 0.2) is 6.61 Å². The Morgan fingerprint density at radius 2 is 1.93 bits per heavy atom. The zero-order chi connectivity index (χ0) is 19.5. The highest BCUT2D eigenvalue weighted by atomic mass is 16.5. The Labute approximate surface area is 160 Å². The molecule has 0 spiro atoms. The Hall–Kier alpha value is -2.89. The van der Waals surface area contributed by atoms with Crippen molar-refractivity contribution in [1.82, 2.24) is 9.88 Å². The summed E-state index contributed by atoms with van der Waals surface area (Å²) in [6.07, 6.45) is 4.43. The predicted octanol–water partition coefficient (Wildman–Crippen LogP) is 3.00. The van der Waals surface area contributed by atoms with E-state index < -0.39 is 0 Å². The van der Waals surface area contributed by atoms with Gasteiger partial charge in [-0.1, -0.05) is 25.1 Å². The fourth-order valence-electron chi connectivity index (χ4n) is 2.55. The van der Waals surface area contributed by atoms with Crippen molar-refractivity contribution < 1.29 is 19.1 Å². The van der Waals surface area contributed by atoms with E-state index >= 15 is 0 Å². The smallest absolute Gasteiger partial charge is 0.307 e. The molecule has 27 heavy (non-hydrogen) atoms. The molecule has 0 N–H and O–H groups in total. The maximum atomic E-state index is 12.7. The van der Waals surface area contributed by atoms with Crippen LogP contribution < -0.4 is 4.74 Å². The summed E-state index contributed by atoms with van der Waals surface area (Å²) >= 11 is 0. The minimum atomic E-state index is -0.321. The van der Waals surface area contributed by atoms with E-state index in [2.05, 4.69) is 11.9 Å². The molecule has 1 amide bonds. The first-order valence-electron chi connectivity index (χ1n) is 9.16. The Balaban J connectivity index is 1.99. The number of hydrogen-bond acceptors (Lipinski definition) is 5. The molecule has 0 saturated heterocycles. The SMILES string of the molecule is CCOC(=O)CCN(Cc1cccnc1)C(=O)COc1cccc(CC)c1. The van der Waals surface area contributed by atoms with Gasteiger partial charge in [0.25, 0.3) is 5.91 Å². The van der Waals surface area contributed by atoms with Crippen molar-refractivity contribution in [2.45, 2.75) is 33.2 Å². The first-order chi connectivity index (χ1) is 13.1. The van der Waals surface area contributed by atoms with E-state index in [1.54, 1.807) is 24.2 Å². The second-order valence-corrected chi connectivity index (χ2v) is 6.02. The van der Waals surface area contributed by atoms with Crippen LogP contribution in [0.25, 0.3) is 0 Å². The van der Waals surface area contributed by atoms with Gasteiger partial charge in [0.1, 0.15) is 5.75 Å². The van der Waals surface area contributed by atoms with Gasteiger partial charge in [0, 0.05) is 25.5 Å². The summed E-state index contributed by atoms with van der Waals surface area (Å²) in [5, 5.41) is 0. The van der Waals surface area contributed by atoms with E-state index in [-0.39, 0.29) is 31.4 Å². The molecule has 0 atom stereocenters. The van der Waals surface area contributed by atoms with Gasteiger partial charge in [0.05, 0.1) is 13.0 Å². The molecule has 0 bridgehead atoms. The van der Waals surface area contributed by atoms with Crippen LogP contribution in [0.4, 0.5) is 0 Å². The summed E-state index contributed by atoms with van der Waals surface area (Å²) in [5.74, 6) is 0.150. The molecule has 2 rings (SSSR count). The summed E-state index contributed by atoms with van der Waals surface area (Å²) in [6, 6.07) is 11.4. The van der Waals surface area contributed by atoms with Gasteiger partial charge >= 0.3 is 5.97 Å². The number of aromatic nitrogens is 1. The van der Waals surface area contributed by atoms with Crippen molar-refractivity contribution in [3.63, 3.8) is 0 Å². The summed E-state index contributed by atoms with van der Waals surface area (Å²) in [6.45, 7) is 4.70. The highest BCUT2D eigenvalue weighted by molar-refractivity contribution is 5.78. The molecule has 0 radical (unpaired) electrons. The predicted molar refractivity (Wildman–Crippen MR) is 102 cm³/mol. The number of benzene rings is 1. The largest absolute Gasteiger partial charge is 0.484 e. The highest BCUT2D eigenvalue weighted by Gasteiger charge is 2.17. The molecule has 0 aliphatic heterocycles. The minimum Gasteiger partial charge on any atom is -0.484 e. The molecule has 0 aliphatic carbocycles. The summed E-state index contributed by atoms with van der Waals surface area (Å²) in [5.41, 5.74) is 2.04. The molecule has 0 fully saturated rings. The van der Waals surface area contributed by atoms with Crippen molar-refractivity contribution in [3.8, 4) is 5.75 Å². The Morgan fingerprint density at radius 1 is 1.11 bits per heavy atom. The fraction of sp³-hybridized carbons (Fsp3) is 0.381. The summed E-state index contributed by atoms with van der Waals surface area (Å²) in [4.78, 5) is 30.0. The normalized spacial score (nSPS) is 10.3. The molecule has 1 aromatic heterocycles. The fourth-order valence-corrected chi connectivity index (χ4v) is 2.55. The molecule has 144 valence electrons. The number of rotatable bonds is 10. The van der Waals surface area contributed by atoms with E-state index in [0.29, 0.717) is 18.9 Å². The van der Waals surface area contributed by atoms with Crippen molar-refractivity contribution >= 4 is 11.9 Å². The van der Waals surface area contributed by atoms with Crippen LogP contribution in [0, 0.1) is 0 Å². The van der Waals surface area contributed by atoms with Crippen LogP contribution >= 0.6 is 0 Å². The van der Waals surface area contributed by atoms with Gasteiger partial charge in [-0.2, -0.15) is 0 Å². The summed E-state index contributed by atoms with van der Waals surface area (Å²) < 4.78 is 10.6. The molecule has 1 aromatic carbocycles. The number of pyridine rings is 1. The summed E-state index contributed by atoms with van der Waals surface area (Å²) in [7, 11) is 0. The zero-order valence-electron chi connectivity index (χ0n) is 15.9. The van der Waals surface area contributed by atoms with Crippen molar-refractivity contribution in [1.29, 1.82) is 0 Å².